The molecule has 0 N–H and O–H groups in total. The van der Waals surface area contributed by atoms with Crippen LogP contribution in [0.4, 0.5) is 0 Å². The molecule has 1 aromatic carbocycles. The number of ether oxygens (including phenoxy) is 3. The molecule has 1 fully saturated rings. The predicted molar refractivity (Wildman–Crippen MR) is 122 cm³/mol. The first kappa shape index (κ1) is 22.7. The average molecular weight is 442 g/mol. The summed E-state index contributed by atoms with van der Waals surface area (Å²) in [5.41, 5.74) is 1.39. The molecule has 3 aliphatic rings. The summed E-state index contributed by atoms with van der Waals surface area (Å²) >= 11 is 0. The Hall–Kier alpha value is -2.50. The number of nitrogens with zero attached hydrogens (tertiary/aromatic N) is 1. The molecule has 1 saturated carbocycles. The summed E-state index contributed by atoms with van der Waals surface area (Å²) in [6, 6.07) is 5.30. The Balaban J connectivity index is 1.69. The molecule has 4 rings (SSSR count). The van der Waals surface area contributed by atoms with Crippen LogP contribution in [0.1, 0.15) is 70.9 Å². The van der Waals surface area contributed by atoms with Gasteiger partial charge >= 0.3 is 0 Å². The van der Waals surface area contributed by atoms with Gasteiger partial charge in [-0.1, -0.05) is 33.3 Å². The monoisotopic (exact) mass is 441 g/mol. The van der Waals surface area contributed by atoms with Crippen LogP contribution in [0.25, 0.3) is 0 Å². The largest absolute Gasteiger partial charge is 0.493 e. The first-order valence-corrected chi connectivity index (χ1v) is 12.0. The molecule has 3 atom stereocenters. The van der Waals surface area contributed by atoms with Gasteiger partial charge < -0.3 is 19.1 Å². The van der Waals surface area contributed by atoms with Crippen LogP contribution in [0.5, 0.6) is 11.5 Å². The molecule has 174 valence electrons. The van der Waals surface area contributed by atoms with Gasteiger partial charge in [0, 0.05) is 6.54 Å². The van der Waals surface area contributed by atoms with Crippen LogP contribution < -0.4 is 9.47 Å². The van der Waals surface area contributed by atoms with Crippen molar-refractivity contribution >= 4 is 11.7 Å². The maximum absolute atomic E-state index is 13.6. The maximum Gasteiger partial charge on any atom is 0.290 e. The number of Topliss-reactive ketones (excluding diaryl/α,β-unsaturated/α-hetero) is 1. The number of carbonyl (C=O) groups is 2. The molecule has 32 heavy (non-hydrogen) atoms. The van der Waals surface area contributed by atoms with E-state index in [9.17, 15) is 9.59 Å². The van der Waals surface area contributed by atoms with Crippen LogP contribution in [-0.2, 0) is 14.3 Å². The van der Waals surface area contributed by atoms with Gasteiger partial charge in [-0.3, -0.25) is 9.59 Å². The molecule has 0 aromatic heterocycles. The highest BCUT2D eigenvalue weighted by Gasteiger charge is 2.51. The summed E-state index contributed by atoms with van der Waals surface area (Å²) in [6.45, 7) is 7.54. The second-order valence-electron chi connectivity index (χ2n) is 9.50. The zero-order valence-corrected chi connectivity index (χ0v) is 19.7. The first-order chi connectivity index (χ1) is 15.5. The van der Waals surface area contributed by atoms with Crippen LogP contribution in [0.15, 0.2) is 29.5 Å². The van der Waals surface area contributed by atoms with Gasteiger partial charge in [0.25, 0.3) is 5.91 Å². The van der Waals surface area contributed by atoms with Gasteiger partial charge in [0.2, 0.25) is 0 Å². The minimum atomic E-state index is -0.438. The number of rotatable bonds is 8. The standard InChI is InChI=1S/C26H35NO5/c1-5-13-27-23(17-10-11-20(21(15-17)30-4)31-14-12-16(2)3)22-24(28)18-8-6-7-9-19(18)32-25(22)26(27)29/h10-11,15-16,18-19,23H,5-9,12-14H2,1-4H3. The molecule has 0 spiro atoms. The van der Waals surface area contributed by atoms with Crippen LogP contribution in [0.2, 0.25) is 0 Å². The summed E-state index contributed by atoms with van der Waals surface area (Å²) in [4.78, 5) is 28.7. The van der Waals surface area contributed by atoms with Crippen molar-refractivity contribution < 1.29 is 23.8 Å². The highest BCUT2D eigenvalue weighted by atomic mass is 16.5. The number of methoxy groups -OCH3 is 1. The Kier molecular flexibility index (Phi) is 6.77. The fourth-order valence-corrected chi connectivity index (χ4v) is 5.09. The molecule has 0 radical (unpaired) electrons. The lowest BCUT2D eigenvalue weighted by molar-refractivity contribution is -0.135. The molecule has 6 heteroatoms. The predicted octanol–water partition coefficient (Wildman–Crippen LogP) is 4.83. The molecule has 2 heterocycles. The van der Waals surface area contributed by atoms with Crippen molar-refractivity contribution in [2.75, 3.05) is 20.3 Å². The summed E-state index contributed by atoms with van der Waals surface area (Å²) in [6.07, 6.45) is 5.35. The van der Waals surface area contributed by atoms with Crippen molar-refractivity contribution in [3.8, 4) is 11.5 Å². The number of fused-ring (bicyclic) bond motifs is 1. The van der Waals surface area contributed by atoms with E-state index in [1.807, 2.05) is 25.1 Å². The highest BCUT2D eigenvalue weighted by molar-refractivity contribution is 6.11. The van der Waals surface area contributed by atoms with E-state index in [1.54, 1.807) is 12.0 Å². The Labute approximate surface area is 190 Å². The van der Waals surface area contributed by atoms with Crippen LogP contribution in [-0.4, -0.2) is 43.0 Å². The van der Waals surface area contributed by atoms with Crippen molar-refractivity contribution in [3.63, 3.8) is 0 Å². The van der Waals surface area contributed by atoms with E-state index in [1.165, 1.54) is 0 Å². The lowest BCUT2D eigenvalue weighted by Gasteiger charge is -2.35. The SMILES string of the molecule is CCCN1C(=O)C2=C(C(=O)C3CCCCC3O2)C1c1ccc(OCCC(C)C)c(OC)c1. The third-order valence-electron chi connectivity index (χ3n) is 6.78. The quantitative estimate of drug-likeness (QED) is 0.578. The summed E-state index contributed by atoms with van der Waals surface area (Å²) in [5.74, 6) is 1.90. The maximum atomic E-state index is 13.6. The number of benzene rings is 1. The third-order valence-corrected chi connectivity index (χ3v) is 6.78. The van der Waals surface area contributed by atoms with Crippen molar-refractivity contribution in [1.29, 1.82) is 0 Å². The molecular weight excluding hydrogens is 406 g/mol. The van der Waals surface area contributed by atoms with E-state index in [2.05, 4.69) is 13.8 Å². The van der Waals surface area contributed by atoms with Crippen molar-refractivity contribution in [3.05, 3.63) is 35.1 Å². The van der Waals surface area contributed by atoms with E-state index in [0.717, 1.165) is 44.1 Å². The third kappa shape index (κ3) is 4.12. The summed E-state index contributed by atoms with van der Waals surface area (Å²) in [7, 11) is 1.62. The van der Waals surface area contributed by atoms with Gasteiger partial charge in [-0.25, -0.2) is 0 Å². The number of hydrogen-bond donors (Lipinski definition) is 0. The Morgan fingerprint density at radius 3 is 2.66 bits per heavy atom. The van der Waals surface area contributed by atoms with Crippen molar-refractivity contribution in [2.45, 2.75) is 71.4 Å². The lowest BCUT2D eigenvalue weighted by Crippen LogP contribution is -2.39. The lowest BCUT2D eigenvalue weighted by atomic mass is 9.77. The van der Waals surface area contributed by atoms with E-state index < -0.39 is 6.04 Å². The van der Waals surface area contributed by atoms with Gasteiger partial charge in [0.05, 0.1) is 31.2 Å². The highest BCUT2D eigenvalue weighted by Crippen LogP contribution is 2.47. The van der Waals surface area contributed by atoms with E-state index in [-0.39, 0.29) is 29.5 Å². The van der Waals surface area contributed by atoms with E-state index >= 15 is 0 Å². The molecular formula is C26H35NO5. The van der Waals surface area contributed by atoms with Crippen molar-refractivity contribution in [1.82, 2.24) is 4.90 Å². The molecule has 3 unspecified atom stereocenters. The van der Waals surface area contributed by atoms with Gasteiger partial charge in [0.15, 0.2) is 23.0 Å². The molecule has 6 nitrogen and oxygen atoms in total. The van der Waals surface area contributed by atoms with Crippen LogP contribution >= 0.6 is 0 Å². The first-order valence-electron chi connectivity index (χ1n) is 12.0. The average Bonchev–Trinajstić information content (AvgIpc) is 3.06. The minimum Gasteiger partial charge on any atom is -0.493 e. The van der Waals surface area contributed by atoms with Crippen LogP contribution in [0, 0.1) is 11.8 Å². The normalized spacial score (nSPS) is 25.0. The molecule has 1 amide bonds. The number of hydrogen-bond acceptors (Lipinski definition) is 5. The van der Waals surface area contributed by atoms with E-state index in [4.69, 9.17) is 14.2 Å². The fraction of sp³-hybridized carbons (Fsp3) is 0.615. The van der Waals surface area contributed by atoms with Crippen LogP contribution in [0.3, 0.4) is 0 Å². The summed E-state index contributed by atoms with van der Waals surface area (Å²) in [5, 5.41) is 0. The Bertz CT molecular complexity index is 905. The number of carbonyl (C=O) groups excluding carboxylic acids is 2. The smallest absolute Gasteiger partial charge is 0.290 e. The van der Waals surface area contributed by atoms with Gasteiger partial charge in [-0.05, 0) is 55.7 Å². The zero-order valence-electron chi connectivity index (χ0n) is 19.7. The van der Waals surface area contributed by atoms with Crippen molar-refractivity contribution in [2.24, 2.45) is 11.8 Å². The van der Waals surface area contributed by atoms with Gasteiger partial charge in [0.1, 0.15) is 6.10 Å². The Morgan fingerprint density at radius 1 is 1.16 bits per heavy atom. The topological polar surface area (TPSA) is 65.1 Å². The van der Waals surface area contributed by atoms with E-state index in [0.29, 0.717) is 36.1 Å². The molecule has 1 aliphatic carbocycles. The minimum absolute atomic E-state index is 0.0872. The molecule has 2 aliphatic heterocycles. The second kappa shape index (κ2) is 9.55. The Morgan fingerprint density at radius 2 is 1.94 bits per heavy atom. The fourth-order valence-electron chi connectivity index (χ4n) is 5.09. The number of amides is 1. The molecule has 1 aromatic rings. The van der Waals surface area contributed by atoms with Gasteiger partial charge in [-0.15, -0.1) is 0 Å². The summed E-state index contributed by atoms with van der Waals surface area (Å²) < 4.78 is 17.7. The van der Waals surface area contributed by atoms with Gasteiger partial charge in [-0.2, -0.15) is 0 Å². The molecule has 0 saturated heterocycles. The second-order valence-corrected chi connectivity index (χ2v) is 9.50. The number of ketones is 1. The molecule has 0 bridgehead atoms. The zero-order chi connectivity index (χ0) is 22.8.